The summed E-state index contributed by atoms with van der Waals surface area (Å²) in [5, 5.41) is 57.7. The molecule has 30 heteroatoms. The molecule has 0 saturated carbocycles. The number of non-ortho nitro benzene ring substituents is 1. The highest BCUT2D eigenvalue weighted by Gasteiger charge is 2.20. The highest BCUT2D eigenvalue weighted by molar-refractivity contribution is 9.09. The van der Waals surface area contributed by atoms with Gasteiger partial charge in [-0.25, -0.2) is 0 Å². The molecule has 2 rings (SSSR count). The molecule has 0 amide bonds. The first-order valence-corrected chi connectivity index (χ1v) is 24.0. The van der Waals surface area contributed by atoms with Gasteiger partial charge in [0, 0.05) is 42.7 Å². The number of benzene rings is 2. The van der Waals surface area contributed by atoms with Gasteiger partial charge in [-0.15, -0.1) is 19.3 Å². The first kappa shape index (κ1) is 74.0. The molecule has 0 heterocycles. The molecule has 0 unspecified atom stereocenters. The molecular weight excluding hydrogens is 1080 g/mol. The van der Waals surface area contributed by atoms with Crippen LogP contribution in [-0.4, -0.2) is 202 Å². The van der Waals surface area contributed by atoms with Gasteiger partial charge in [-0.05, 0) is 24.6 Å². The van der Waals surface area contributed by atoms with Crippen LogP contribution in [0.25, 0.3) is 10.4 Å². The van der Waals surface area contributed by atoms with Gasteiger partial charge in [0.15, 0.2) is 0 Å². The number of hydrogen-bond acceptors (Lipinski definition) is 23. The number of nitro groups is 4. The van der Waals surface area contributed by atoms with E-state index in [0.717, 1.165) is 6.07 Å². The van der Waals surface area contributed by atoms with Gasteiger partial charge in [0.1, 0.15) is 24.5 Å². The van der Waals surface area contributed by atoms with E-state index in [4.69, 9.17) is 87.7 Å². The van der Waals surface area contributed by atoms with Crippen LogP contribution in [0.2, 0.25) is 0 Å². The van der Waals surface area contributed by atoms with Crippen molar-refractivity contribution in [2.24, 2.45) is 10.8 Å². The fourth-order valence-electron chi connectivity index (χ4n) is 4.62. The number of nitrogens with two attached hydrogens (primary N) is 1. The second-order valence-corrected chi connectivity index (χ2v) is 14.0. The summed E-state index contributed by atoms with van der Waals surface area (Å²) < 4.78 is 56.8. The molecule has 2 aromatic rings. The van der Waals surface area contributed by atoms with Gasteiger partial charge < -0.3 is 68.3 Å². The van der Waals surface area contributed by atoms with Crippen LogP contribution in [0.3, 0.4) is 0 Å². The largest absolute Gasteiger partial charge is 0.394 e. The maximum atomic E-state index is 11.0. The Morgan fingerprint density at radius 2 is 0.974 bits per heavy atom. The van der Waals surface area contributed by atoms with Gasteiger partial charge in [-0.3, -0.25) is 40.5 Å². The number of nitrogens with zero attached hydrogens (tertiary/aromatic N) is 7. The van der Waals surface area contributed by atoms with Gasteiger partial charge in [-0.1, -0.05) is 38.8 Å². The monoisotopic (exact) mass is 1150 g/mol. The van der Waals surface area contributed by atoms with Crippen molar-refractivity contribution in [3.63, 3.8) is 0 Å². The maximum absolute atomic E-state index is 11.0. The number of nitro benzene ring substituents is 4. The van der Waals surface area contributed by atoms with Crippen molar-refractivity contribution in [2.75, 3.05) is 182 Å². The van der Waals surface area contributed by atoms with Crippen LogP contribution in [0.4, 0.5) is 28.4 Å². The van der Waals surface area contributed by atoms with Gasteiger partial charge in [0.2, 0.25) is 0 Å². The van der Waals surface area contributed by atoms with Crippen LogP contribution in [-0.2, 0) is 52.1 Å². The Hall–Kier alpha value is -6.21. The Morgan fingerprint density at radius 1 is 0.592 bits per heavy atom. The lowest BCUT2D eigenvalue weighted by Gasteiger charge is -2.09. The Morgan fingerprint density at radius 3 is 1.33 bits per heavy atom. The number of halogens is 1. The summed E-state index contributed by atoms with van der Waals surface area (Å²) in [7, 11) is 0. The highest BCUT2D eigenvalue weighted by Crippen LogP contribution is 2.29. The number of hydrogen-bond donors (Lipinski definition) is 3. The summed E-state index contributed by atoms with van der Waals surface area (Å²) in [5.41, 5.74) is 12.3. The van der Waals surface area contributed by atoms with E-state index in [0.29, 0.717) is 164 Å². The third-order valence-corrected chi connectivity index (χ3v) is 8.27. The summed E-state index contributed by atoms with van der Waals surface area (Å²) in [6.07, 6.45) is 14.8. The molecule has 0 aromatic heterocycles. The molecule has 4 N–H and O–H groups in total. The van der Waals surface area contributed by atoms with Gasteiger partial charge in [0.05, 0.1) is 170 Å². The van der Waals surface area contributed by atoms with E-state index in [2.05, 4.69) is 49.0 Å². The second kappa shape index (κ2) is 58.1. The van der Waals surface area contributed by atoms with E-state index < -0.39 is 19.7 Å². The van der Waals surface area contributed by atoms with Crippen molar-refractivity contribution in [3.8, 4) is 37.0 Å². The van der Waals surface area contributed by atoms with Gasteiger partial charge >= 0.3 is 0 Å². The summed E-state index contributed by atoms with van der Waals surface area (Å²) in [5.74, 6) is 7.08. The van der Waals surface area contributed by atoms with E-state index in [1.165, 1.54) is 37.3 Å². The van der Waals surface area contributed by atoms with Gasteiger partial charge in [-0.2, -0.15) is 0 Å². The molecule has 0 fully saturated rings. The normalized spacial score (nSPS) is 9.86. The number of alkyl halides is 1. The standard InChI is InChI=1S/C17H23N3O8.C11H21NO4.C8H17N3O4.C7H6N2O4.C3H3Br/c1-2-6-25-8-10-27-12-13-28-11-9-26-7-5-18-16-4-3-15(19(21)22)14-17(16)20(23)24;1-2-4-13-6-8-15-10-11-16-9-7-14-5-3-12;9-11-10-1-3-13-5-7-15-8-6-14-4-2-12;1-5-6(8(10)11)3-2-4-7(5)9(12)13;1-2-3-4/h1,3-4,14,18H,5-13H2;1H,3-12H2;12H,1-8H2;2-4H,1H3;1H,3H2. The third kappa shape index (κ3) is 48.7. The minimum atomic E-state index is -0.682. The van der Waals surface area contributed by atoms with Crippen molar-refractivity contribution in [1.29, 1.82) is 0 Å². The summed E-state index contributed by atoms with van der Waals surface area (Å²) in [6.45, 7) is 12.5. The molecule has 0 aliphatic heterocycles. The zero-order valence-corrected chi connectivity index (χ0v) is 44.2. The Labute approximate surface area is 449 Å². The number of terminal acetylenes is 3. The van der Waals surface area contributed by atoms with Crippen LogP contribution in [0.5, 0.6) is 0 Å². The summed E-state index contributed by atoms with van der Waals surface area (Å²) in [4.78, 5) is 42.4. The molecule has 2 aromatic carbocycles. The van der Waals surface area contributed by atoms with Crippen LogP contribution in [0.15, 0.2) is 41.5 Å². The number of nitrogens with one attached hydrogen (secondary N) is 1. The molecule has 0 aliphatic carbocycles. The number of anilines is 1. The Kier molecular flexibility index (Phi) is 56.6. The first-order valence-electron chi connectivity index (χ1n) is 22.9. The number of aliphatic hydroxyl groups excluding tert-OH is 1. The zero-order valence-electron chi connectivity index (χ0n) is 42.6. The van der Waals surface area contributed by atoms with Crippen LogP contribution >= 0.6 is 15.9 Å². The average molecular weight is 1150 g/mol. The SMILES string of the molecule is C#CCBr.C#CCOCCOCCOCCOCCN.C#CCOCCOCCOCCOCCNc1ccc([N+](=O)[O-])cc1[N+](=O)[O-].Cc1c([N+](=O)[O-])cccc1[N+](=O)[O-].[N-]=[N+]=NCCOCCOCCOCCO. The third-order valence-electron chi connectivity index (χ3n) is 7.94. The first-order chi connectivity index (χ1) is 36.8. The van der Waals surface area contributed by atoms with E-state index in [1.54, 1.807) is 0 Å². The predicted molar refractivity (Wildman–Crippen MR) is 282 cm³/mol. The van der Waals surface area contributed by atoms with Crippen LogP contribution < -0.4 is 11.1 Å². The maximum Gasteiger partial charge on any atom is 0.299 e. The van der Waals surface area contributed by atoms with Crippen molar-refractivity contribution >= 4 is 44.4 Å². The fraction of sp³-hybridized carbons (Fsp3) is 0.609. The van der Waals surface area contributed by atoms with E-state index in [-0.39, 0.29) is 47.2 Å². The molecule has 0 aliphatic rings. The predicted octanol–water partition coefficient (Wildman–Crippen LogP) is 4.42. The molecule has 76 heavy (non-hydrogen) atoms. The minimum absolute atomic E-state index is 0.0303. The molecule has 0 saturated heterocycles. The summed E-state index contributed by atoms with van der Waals surface area (Å²) in [6, 6.07) is 7.19. The summed E-state index contributed by atoms with van der Waals surface area (Å²) >= 11 is 3.01. The van der Waals surface area contributed by atoms with Crippen molar-refractivity contribution < 1.29 is 76.9 Å². The topological polar surface area (TPSA) is 381 Å². The molecular formula is C46H70BrN9O20. The van der Waals surface area contributed by atoms with Crippen molar-refractivity contribution in [3.05, 3.63) is 92.9 Å². The molecule has 0 atom stereocenters. The zero-order chi connectivity index (χ0) is 57.1. The Balaban J connectivity index is -0.000000957. The van der Waals surface area contributed by atoms with E-state index in [9.17, 15) is 40.5 Å². The number of ether oxygens (including phenoxy) is 11. The highest BCUT2D eigenvalue weighted by atomic mass is 79.9. The smallest absolute Gasteiger partial charge is 0.299 e. The molecule has 0 radical (unpaired) electrons. The quantitative estimate of drug-likeness (QED) is 0.0121. The molecule has 29 nitrogen and oxygen atoms in total. The second-order valence-electron chi connectivity index (χ2n) is 13.4. The lowest BCUT2D eigenvalue weighted by Crippen LogP contribution is -2.15. The molecule has 0 spiro atoms. The van der Waals surface area contributed by atoms with E-state index >= 15 is 0 Å². The number of azide groups is 1. The average Bonchev–Trinajstić information content (AvgIpc) is 3.41. The number of aliphatic hydroxyl groups is 1. The minimum Gasteiger partial charge on any atom is -0.394 e. The van der Waals surface area contributed by atoms with Crippen LogP contribution in [0.1, 0.15) is 5.56 Å². The lowest BCUT2D eigenvalue weighted by atomic mass is 10.1. The number of rotatable bonds is 41. The van der Waals surface area contributed by atoms with Crippen LogP contribution in [0, 0.1) is 84.4 Å². The van der Waals surface area contributed by atoms with Crippen molar-refractivity contribution in [2.45, 2.75) is 6.92 Å². The molecule has 0 bridgehead atoms. The van der Waals surface area contributed by atoms with Gasteiger partial charge in [0.25, 0.3) is 22.7 Å². The van der Waals surface area contributed by atoms with Crippen molar-refractivity contribution in [1.82, 2.24) is 0 Å². The lowest BCUT2D eigenvalue weighted by molar-refractivity contribution is -0.395. The Bertz CT molecular complexity index is 1950. The molecule has 426 valence electrons. The fourth-order valence-corrected chi connectivity index (χ4v) is 4.62. The van der Waals surface area contributed by atoms with E-state index in [1.807, 2.05) is 0 Å².